The fraction of sp³-hybridized carbons (Fsp3) is 0.258. The van der Waals surface area contributed by atoms with E-state index in [9.17, 15) is 28.0 Å². The van der Waals surface area contributed by atoms with Crippen LogP contribution in [-0.4, -0.2) is 17.1 Å². The van der Waals surface area contributed by atoms with Gasteiger partial charge in [0.2, 0.25) is 5.91 Å². The number of nitrogens with zero attached hydrogens (tertiary/aromatic N) is 2. The molecule has 206 valence electrons. The number of hydrogen-bond acceptors (Lipinski definition) is 4. The molecule has 0 radical (unpaired) electrons. The lowest BCUT2D eigenvalue weighted by atomic mass is 10.0. The molecule has 3 aromatic rings. The first-order chi connectivity index (χ1) is 19.0. The minimum atomic E-state index is -4.51. The van der Waals surface area contributed by atoms with Crippen molar-refractivity contribution in [2.45, 2.75) is 50.6 Å². The SMILES string of the molecule is CC(C)c1ccc(N2C(=O)C(Cc3cccc(C(F)(F)F)c3)S/C2=C(/C#N)C(=O)NC(C)c2ccccc2)cc1. The molecular formula is C31H28F3N3O2S. The van der Waals surface area contributed by atoms with Crippen LogP contribution in [0.5, 0.6) is 0 Å². The smallest absolute Gasteiger partial charge is 0.345 e. The average molecular weight is 564 g/mol. The predicted molar refractivity (Wildman–Crippen MR) is 150 cm³/mol. The number of hydrogen-bond donors (Lipinski definition) is 1. The van der Waals surface area contributed by atoms with E-state index in [1.54, 1.807) is 19.1 Å². The Morgan fingerprint density at radius 2 is 1.68 bits per heavy atom. The van der Waals surface area contributed by atoms with Crippen LogP contribution in [0.4, 0.5) is 18.9 Å². The summed E-state index contributed by atoms with van der Waals surface area (Å²) in [7, 11) is 0. The predicted octanol–water partition coefficient (Wildman–Crippen LogP) is 7.13. The fourth-order valence-electron chi connectivity index (χ4n) is 4.41. The van der Waals surface area contributed by atoms with E-state index < -0.39 is 34.8 Å². The zero-order valence-corrected chi connectivity index (χ0v) is 23.0. The Morgan fingerprint density at radius 1 is 1.00 bits per heavy atom. The van der Waals surface area contributed by atoms with Gasteiger partial charge in [0.05, 0.1) is 16.9 Å². The van der Waals surface area contributed by atoms with Crippen LogP contribution in [0.15, 0.2) is 89.5 Å². The third kappa shape index (κ3) is 6.40. The van der Waals surface area contributed by atoms with Gasteiger partial charge in [-0.2, -0.15) is 18.4 Å². The summed E-state index contributed by atoms with van der Waals surface area (Å²) in [6.45, 7) is 5.86. The Balaban J connectivity index is 1.71. The standard InChI is InChI=1S/C31H28F3N3O2S/c1-19(2)22-12-14-25(15-13-22)37-29(39)27(17-21-8-7-11-24(16-21)31(32,33)34)40-30(37)26(18-35)28(38)36-20(3)23-9-5-4-6-10-23/h4-16,19-20,27H,17H2,1-3H3,(H,36,38)/b30-26-. The minimum Gasteiger partial charge on any atom is -0.345 e. The van der Waals surface area contributed by atoms with Gasteiger partial charge in [-0.3, -0.25) is 14.5 Å². The molecule has 9 heteroatoms. The molecule has 5 nitrogen and oxygen atoms in total. The van der Waals surface area contributed by atoms with Gasteiger partial charge in [0.15, 0.2) is 0 Å². The van der Waals surface area contributed by atoms with Crippen molar-refractivity contribution in [3.8, 4) is 6.07 Å². The number of carbonyl (C=O) groups excluding carboxylic acids is 2. The topological polar surface area (TPSA) is 73.2 Å². The van der Waals surface area contributed by atoms with Crippen molar-refractivity contribution >= 4 is 29.3 Å². The van der Waals surface area contributed by atoms with Crippen molar-refractivity contribution in [1.29, 1.82) is 5.26 Å². The molecule has 0 bridgehead atoms. The van der Waals surface area contributed by atoms with Gasteiger partial charge in [-0.05, 0) is 54.2 Å². The van der Waals surface area contributed by atoms with E-state index in [4.69, 9.17) is 0 Å². The molecule has 2 amide bonds. The molecule has 0 spiro atoms. The van der Waals surface area contributed by atoms with E-state index in [1.807, 2.05) is 62.4 Å². The van der Waals surface area contributed by atoms with E-state index >= 15 is 0 Å². The van der Waals surface area contributed by atoms with E-state index in [2.05, 4.69) is 5.32 Å². The van der Waals surface area contributed by atoms with Crippen molar-refractivity contribution < 1.29 is 22.8 Å². The van der Waals surface area contributed by atoms with Crippen LogP contribution < -0.4 is 10.2 Å². The summed E-state index contributed by atoms with van der Waals surface area (Å²) in [6, 6.07) is 22.9. The Kier molecular flexibility index (Phi) is 8.70. The van der Waals surface area contributed by atoms with E-state index in [0.29, 0.717) is 11.3 Å². The lowest BCUT2D eigenvalue weighted by Crippen LogP contribution is -2.33. The number of carbonyl (C=O) groups is 2. The largest absolute Gasteiger partial charge is 0.416 e. The number of anilines is 1. The minimum absolute atomic E-state index is 0.00174. The third-order valence-corrected chi connectivity index (χ3v) is 7.91. The summed E-state index contributed by atoms with van der Waals surface area (Å²) in [5, 5.41) is 12.2. The first kappa shape index (κ1) is 29.0. The van der Waals surface area contributed by atoms with Crippen molar-refractivity contribution in [2.24, 2.45) is 0 Å². The zero-order chi connectivity index (χ0) is 29.0. The second-order valence-corrected chi connectivity index (χ2v) is 11.0. The van der Waals surface area contributed by atoms with Gasteiger partial charge in [-0.25, -0.2) is 0 Å². The molecule has 1 saturated heterocycles. The lowest BCUT2D eigenvalue weighted by molar-refractivity contribution is -0.137. The van der Waals surface area contributed by atoms with Crippen molar-refractivity contribution in [2.75, 3.05) is 4.90 Å². The molecule has 1 N–H and O–H groups in total. The number of amides is 2. The zero-order valence-electron chi connectivity index (χ0n) is 22.2. The van der Waals surface area contributed by atoms with Gasteiger partial charge in [0.25, 0.3) is 5.91 Å². The highest BCUT2D eigenvalue weighted by Crippen LogP contribution is 2.42. The molecule has 1 aliphatic heterocycles. The highest BCUT2D eigenvalue weighted by atomic mass is 32.2. The van der Waals surface area contributed by atoms with Crippen LogP contribution in [0.1, 0.15) is 55.0 Å². The van der Waals surface area contributed by atoms with Crippen molar-refractivity contribution in [3.63, 3.8) is 0 Å². The molecule has 1 fully saturated rings. The van der Waals surface area contributed by atoms with Crippen LogP contribution in [0, 0.1) is 11.3 Å². The number of thioether (sulfide) groups is 1. The van der Waals surface area contributed by atoms with E-state index in [1.165, 1.54) is 17.0 Å². The first-order valence-corrected chi connectivity index (χ1v) is 13.6. The first-order valence-electron chi connectivity index (χ1n) is 12.8. The fourth-order valence-corrected chi connectivity index (χ4v) is 5.72. The van der Waals surface area contributed by atoms with E-state index in [0.717, 1.165) is 35.0 Å². The van der Waals surface area contributed by atoms with Crippen LogP contribution in [-0.2, 0) is 22.2 Å². The van der Waals surface area contributed by atoms with Crippen LogP contribution in [0.25, 0.3) is 0 Å². The van der Waals surface area contributed by atoms with Crippen LogP contribution in [0.2, 0.25) is 0 Å². The van der Waals surface area contributed by atoms with Crippen LogP contribution >= 0.6 is 11.8 Å². The number of halogens is 3. The van der Waals surface area contributed by atoms with Gasteiger partial charge in [0, 0.05) is 5.69 Å². The molecule has 0 aliphatic carbocycles. The Labute approximate surface area is 235 Å². The normalized spacial score (nSPS) is 17.5. The summed E-state index contributed by atoms with van der Waals surface area (Å²) < 4.78 is 39.9. The molecule has 4 rings (SSSR count). The summed E-state index contributed by atoms with van der Waals surface area (Å²) in [6.07, 6.45) is -4.52. The molecule has 2 unspecified atom stereocenters. The lowest BCUT2D eigenvalue weighted by Gasteiger charge is -2.20. The second kappa shape index (κ2) is 12.0. The van der Waals surface area contributed by atoms with Gasteiger partial charge >= 0.3 is 6.18 Å². The maximum atomic E-state index is 13.7. The molecule has 3 aromatic carbocycles. The average Bonchev–Trinajstić information content (AvgIpc) is 3.24. The summed E-state index contributed by atoms with van der Waals surface area (Å²) in [5.74, 6) is -0.801. The number of alkyl halides is 3. The Bertz CT molecular complexity index is 1460. The van der Waals surface area contributed by atoms with Crippen molar-refractivity contribution in [3.05, 3.63) is 112 Å². The molecule has 40 heavy (non-hydrogen) atoms. The third-order valence-electron chi connectivity index (χ3n) is 6.65. The molecule has 0 saturated carbocycles. The van der Waals surface area contributed by atoms with Crippen LogP contribution in [0.3, 0.4) is 0 Å². The van der Waals surface area contributed by atoms with Gasteiger partial charge < -0.3 is 5.32 Å². The summed E-state index contributed by atoms with van der Waals surface area (Å²) in [5.41, 5.74) is 1.66. The molecule has 1 aliphatic rings. The summed E-state index contributed by atoms with van der Waals surface area (Å²) in [4.78, 5) is 28.4. The van der Waals surface area contributed by atoms with E-state index in [-0.39, 0.29) is 22.9 Å². The quantitative estimate of drug-likeness (QED) is 0.245. The highest BCUT2D eigenvalue weighted by molar-refractivity contribution is 8.05. The highest BCUT2D eigenvalue weighted by Gasteiger charge is 2.41. The molecular weight excluding hydrogens is 535 g/mol. The van der Waals surface area contributed by atoms with Gasteiger partial charge in [-0.1, -0.05) is 86.3 Å². The van der Waals surface area contributed by atoms with Gasteiger partial charge in [0.1, 0.15) is 16.7 Å². The Hall–Kier alpha value is -4.03. The summed E-state index contributed by atoms with van der Waals surface area (Å²) >= 11 is 1.02. The second-order valence-electron chi connectivity index (χ2n) is 9.83. The maximum Gasteiger partial charge on any atom is 0.416 e. The number of nitriles is 1. The Morgan fingerprint density at radius 3 is 2.27 bits per heavy atom. The van der Waals surface area contributed by atoms with Crippen molar-refractivity contribution in [1.82, 2.24) is 5.32 Å². The maximum absolute atomic E-state index is 13.7. The van der Waals surface area contributed by atoms with Gasteiger partial charge in [-0.15, -0.1) is 0 Å². The number of nitrogens with one attached hydrogen (secondary N) is 1. The molecule has 1 heterocycles. The number of rotatable bonds is 7. The monoisotopic (exact) mass is 563 g/mol. The molecule has 2 atom stereocenters. The molecule has 0 aromatic heterocycles. The number of benzene rings is 3.